The Kier molecular flexibility index (Phi) is 7.92. The lowest BCUT2D eigenvalue weighted by Crippen LogP contribution is -2.46. The van der Waals surface area contributed by atoms with Crippen molar-refractivity contribution >= 4 is 16.4 Å². The molecule has 0 aromatic carbocycles. The van der Waals surface area contributed by atoms with Crippen molar-refractivity contribution in [2.75, 3.05) is 6.61 Å². The lowest BCUT2D eigenvalue weighted by molar-refractivity contribution is -0.224. The van der Waals surface area contributed by atoms with E-state index in [1.165, 1.54) is 0 Å². The molecule has 0 saturated heterocycles. The van der Waals surface area contributed by atoms with Gasteiger partial charge in [-0.05, 0) is 38.1 Å². The summed E-state index contributed by atoms with van der Waals surface area (Å²) < 4.78 is 18.1. The van der Waals surface area contributed by atoms with Crippen molar-refractivity contribution in [3.05, 3.63) is 11.6 Å². The summed E-state index contributed by atoms with van der Waals surface area (Å²) in [5.41, 5.74) is 4.02. The number of rotatable bonds is 5. The maximum Gasteiger partial charge on any atom is 0.192 e. The third-order valence-electron chi connectivity index (χ3n) is 4.65. The highest BCUT2D eigenvalue weighted by atomic mass is 28.4. The van der Waals surface area contributed by atoms with Crippen LogP contribution < -0.4 is 0 Å². The summed E-state index contributed by atoms with van der Waals surface area (Å²) in [5.74, 6) is 3.19. The first kappa shape index (κ1) is 23.6. The molecule has 4 nitrogen and oxygen atoms in total. The molecule has 0 amide bonds. The van der Waals surface area contributed by atoms with Gasteiger partial charge in [0.2, 0.25) is 0 Å². The number of aliphatic hydroxyl groups excluding tert-OH is 1. The zero-order valence-electron chi connectivity index (χ0n) is 18.3. The van der Waals surface area contributed by atoms with Gasteiger partial charge in [-0.25, -0.2) is 0 Å². The highest BCUT2D eigenvalue weighted by Crippen LogP contribution is 2.37. The van der Waals surface area contributed by atoms with Crippen molar-refractivity contribution in [3.63, 3.8) is 0 Å². The van der Waals surface area contributed by atoms with Gasteiger partial charge in [-0.15, -0.1) is 5.54 Å². The van der Waals surface area contributed by atoms with Gasteiger partial charge in [0.25, 0.3) is 0 Å². The van der Waals surface area contributed by atoms with Crippen LogP contribution in [-0.2, 0) is 13.9 Å². The SMILES string of the molecule is CC(C)O[C@H]1O[C@H](CO[Si](C)(C)C(C)(C)C)C=C(C#C[Si](C)(C)C)[C@H]1O. The summed E-state index contributed by atoms with van der Waals surface area (Å²) in [6, 6.07) is 0. The molecule has 150 valence electrons. The smallest absolute Gasteiger partial charge is 0.192 e. The molecule has 3 atom stereocenters. The fourth-order valence-corrected chi connectivity index (χ4v) is 3.61. The van der Waals surface area contributed by atoms with E-state index in [-0.39, 0.29) is 17.2 Å². The van der Waals surface area contributed by atoms with Gasteiger partial charge in [-0.1, -0.05) is 46.3 Å². The molecular formula is C20H38O4Si2. The molecule has 1 heterocycles. The van der Waals surface area contributed by atoms with Crippen molar-refractivity contribution in [2.45, 2.75) is 97.0 Å². The van der Waals surface area contributed by atoms with Crippen molar-refractivity contribution in [1.82, 2.24) is 0 Å². The van der Waals surface area contributed by atoms with Gasteiger partial charge in [-0.3, -0.25) is 0 Å². The molecule has 1 aliphatic rings. The van der Waals surface area contributed by atoms with Gasteiger partial charge in [0.15, 0.2) is 14.6 Å². The van der Waals surface area contributed by atoms with Gasteiger partial charge < -0.3 is 19.0 Å². The van der Waals surface area contributed by atoms with Crippen LogP contribution in [0.25, 0.3) is 0 Å². The lowest BCUT2D eigenvalue weighted by atomic mass is 10.0. The Bertz CT molecular complexity index is 559. The van der Waals surface area contributed by atoms with E-state index >= 15 is 0 Å². The molecule has 0 aromatic heterocycles. The molecule has 1 rings (SSSR count). The summed E-state index contributed by atoms with van der Waals surface area (Å²) in [5, 5.41) is 10.8. The zero-order valence-corrected chi connectivity index (χ0v) is 20.3. The van der Waals surface area contributed by atoms with Crippen LogP contribution in [0.2, 0.25) is 37.8 Å². The summed E-state index contributed by atoms with van der Waals surface area (Å²) in [7, 11) is -3.41. The quantitative estimate of drug-likeness (QED) is 0.553. The molecule has 0 fully saturated rings. The Morgan fingerprint density at radius 2 is 1.77 bits per heavy atom. The topological polar surface area (TPSA) is 47.9 Å². The van der Waals surface area contributed by atoms with Crippen LogP contribution in [0.1, 0.15) is 34.6 Å². The lowest BCUT2D eigenvalue weighted by Gasteiger charge is -2.38. The molecule has 0 bridgehead atoms. The van der Waals surface area contributed by atoms with Gasteiger partial charge in [0, 0.05) is 5.57 Å². The first-order chi connectivity index (χ1) is 11.6. The Balaban J connectivity index is 3.01. The molecule has 0 aromatic rings. The first-order valence-corrected chi connectivity index (χ1v) is 15.9. The van der Waals surface area contributed by atoms with Crippen LogP contribution >= 0.6 is 0 Å². The van der Waals surface area contributed by atoms with Gasteiger partial charge in [-0.2, -0.15) is 0 Å². The van der Waals surface area contributed by atoms with E-state index in [0.717, 1.165) is 0 Å². The minimum Gasteiger partial charge on any atom is -0.414 e. The summed E-state index contributed by atoms with van der Waals surface area (Å²) in [6.45, 7) is 22.0. The molecule has 0 saturated carbocycles. The molecule has 6 heteroatoms. The second kappa shape index (κ2) is 8.72. The highest BCUT2D eigenvalue weighted by Gasteiger charge is 2.39. The fourth-order valence-electron chi connectivity index (χ4n) is 2.08. The molecule has 1 aliphatic heterocycles. The molecule has 0 aliphatic carbocycles. The van der Waals surface area contributed by atoms with Crippen LogP contribution in [0.3, 0.4) is 0 Å². The Labute approximate surface area is 162 Å². The highest BCUT2D eigenvalue weighted by molar-refractivity contribution is 6.83. The number of aliphatic hydroxyl groups is 1. The van der Waals surface area contributed by atoms with E-state index in [9.17, 15) is 5.11 Å². The Morgan fingerprint density at radius 1 is 1.19 bits per heavy atom. The third kappa shape index (κ3) is 7.30. The van der Waals surface area contributed by atoms with Crippen LogP contribution in [0, 0.1) is 11.5 Å². The summed E-state index contributed by atoms with van der Waals surface area (Å²) in [4.78, 5) is 0. The van der Waals surface area contributed by atoms with Crippen molar-refractivity contribution in [3.8, 4) is 11.5 Å². The minimum atomic E-state index is -1.87. The van der Waals surface area contributed by atoms with E-state index in [4.69, 9.17) is 13.9 Å². The Hall–Kier alpha value is -0.426. The Morgan fingerprint density at radius 3 is 2.23 bits per heavy atom. The fraction of sp³-hybridized carbons (Fsp3) is 0.800. The predicted octanol–water partition coefficient (Wildman–Crippen LogP) is 4.33. The maximum absolute atomic E-state index is 10.6. The average Bonchev–Trinajstić information content (AvgIpc) is 2.44. The average molecular weight is 399 g/mol. The van der Waals surface area contributed by atoms with Crippen molar-refractivity contribution in [2.24, 2.45) is 0 Å². The van der Waals surface area contributed by atoms with Crippen LogP contribution in [-0.4, -0.2) is 52.7 Å². The molecule has 26 heavy (non-hydrogen) atoms. The molecule has 0 radical (unpaired) electrons. The second-order valence-electron chi connectivity index (χ2n) is 9.87. The van der Waals surface area contributed by atoms with Crippen molar-refractivity contribution < 1.29 is 19.0 Å². The second-order valence-corrected chi connectivity index (χ2v) is 19.4. The summed E-state index contributed by atoms with van der Waals surface area (Å²) >= 11 is 0. The molecule has 0 spiro atoms. The monoisotopic (exact) mass is 398 g/mol. The van der Waals surface area contributed by atoms with E-state index < -0.39 is 28.8 Å². The van der Waals surface area contributed by atoms with E-state index in [0.29, 0.717) is 12.2 Å². The number of hydrogen-bond acceptors (Lipinski definition) is 4. The van der Waals surface area contributed by atoms with E-state index in [1.807, 2.05) is 19.9 Å². The van der Waals surface area contributed by atoms with E-state index in [2.05, 4.69) is 65.0 Å². The van der Waals surface area contributed by atoms with Crippen LogP contribution in [0.5, 0.6) is 0 Å². The predicted molar refractivity (Wildman–Crippen MR) is 113 cm³/mol. The molecule has 0 unspecified atom stereocenters. The standard InChI is InChI=1S/C20H38O4Si2/c1-15(2)23-19-18(21)16(11-12-25(6,7)8)13-17(24-19)14-22-26(9,10)20(3,4)5/h13,15,17-19,21H,14H2,1-10H3/t17-,18+,19-/m0/s1. The first-order valence-electron chi connectivity index (χ1n) is 9.50. The van der Waals surface area contributed by atoms with Crippen molar-refractivity contribution in [1.29, 1.82) is 0 Å². The van der Waals surface area contributed by atoms with Crippen LogP contribution in [0.4, 0.5) is 0 Å². The van der Waals surface area contributed by atoms with Gasteiger partial charge in [0.05, 0.1) is 12.7 Å². The van der Waals surface area contributed by atoms with E-state index in [1.54, 1.807) is 0 Å². The molecular weight excluding hydrogens is 360 g/mol. The van der Waals surface area contributed by atoms with Crippen LogP contribution in [0.15, 0.2) is 11.6 Å². The summed E-state index contributed by atoms with van der Waals surface area (Å²) in [6.07, 6.45) is 0.0398. The number of ether oxygens (including phenoxy) is 2. The molecule has 1 N–H and O–H groups in total. The third-order valence-corrected chi connectivity index (χ3v) is 10.0. The normalized spacial score (nSPS) is 24.9. The zero-order chi connectivity index (χ0) is 20.3. The van der Waals surface area contributed by atoms with Gasteiger partial charge >= 0.3 is 0 Å². The largest absolute Gasteiger partial charge is 0.414 e. The minimum absolute atomic E-state index is 0.0408. The maximum atomic E-state index is 10.6. The van der Waals surface area contributed by atoms with Gasteiger partial charge in [0.1, 0.15) is 20.3 Å². The number of hydrogen-bond donors (Lipinski definition) is 1.